The molecular formula is C15H25N. The van der Waals surface area contributed by atoms with Crippen LogP contribution < -0.4 is 0 Å². The standard InChI is InChI=1S/C13H19N.C2H6/c1-11(2)13-9-4-3-7-12(13)8-5-6-10-14;1-2/h5,7-11,14H,3-4,6H2,1-2H3;1-2H3/b8-5-,14-10?;. The van der Waals surface area contributed by atoms with Gasteiger partial charge in [-0.1, -0.05) is 52.0 Å². The second-order valence-electron chi connectivity index (χ2n) is 3.89. The maximum atomic E-state index is 6.94. The topological polar surface area (TPSA) is 23.9 Å². The van der Waals surface area contributed by atoms with Crippen molar-refractivity contribution >= 4 is 6.21 Å². The number of rotatable bonds is 4. The van der Waals surface area contributed by atoms with Crippen molar-refractivity contribution in [3.8, 4) is 0 Å². The van der Waals surface area contributed by atoms with Crippen LogP contribution in [0.1, 0.15) is 47.0 Å². The molecule has 0 unspecified atom stereocenters. The van der Waals surface area contributed by atoms with E-state index in [0.717, 1.165) is 12.8 Å². The van der Waals surface area contributed by atoms with Crippen LogP contribution in [0.15, 0.2) is 35.5 Å². The molecule has 0 aliphatic heterocycles. The quantitative estimate of drug-likeness (QED) is 0.649. The van der Waals surface area contributed by atoms with Crippen LogP contribution in [0.25, 0.3) is 0 Å². The molecule has 1 N–H and O–H groups in total. The zero-order valence-corrected chi connectivity index (χ0v) is 11.1. The second kappa shape index (κ2) is 9.14. The van der Waals surface area contributed by atoms with Gasteiger partial charge in [0.25, 0.3) is 0 Å². The molecule has 0 spiro atoms. The zero-order valence-electron chi connectivity index (χ0n) is 11.1. The molecule has 0 aromatic heterocycles. The van der Waals surface area contributed by atoms with Crippen molar-refractivity contribution in [2.24, 2.45) is 5.92 Å². The van der Waals surface area contributed by atoms with Gasteiger partial charge in [-0.2, -0.15) is 0 Å². The lowest BCUT2D eigenvalue weighted by molar-refractivity contribution is 0.763. The van der Waals surface area contributed by atoms with Gasteiger partial charge in [0.2, 0.25) is 0 Å². The Bertz CT molecular complexity index is 280. The minimum Gasteiger partial charge on any atom is -0.313 e. The minimum absolute atomic E-state index is 0.603. The Morgan fingerprint density at radius 3 is 2.44 bits per heavy atom. The Morgan fingerprint density at radius 1 is 1.25 bits per heavy atom. The monoisotopic (exact) mass is 219 g/mol. The molecule has 0 fully saturated rings. The van der Waals surface area contributed by atoms with E-state index in [9.17, 15) is 0 Å². The van der Waals surface area contributed by atoms with Crippen LogP contribution in [0.5, 0.6) is 0 Å². The first-order valence-electron chi connectivity index (χ1n) is 6.31. The Kier molecular flexibility index (Phi) is 8.51. The number of hydrogen-bond donors (Lipinski definition) is 1. The van der Waals surface area contributed by atoms with Crippen molar-refractivity contribution < 1.29 is 0 Å². The van der Waals surface area contributed by atoms with Gasteiger partial charge in [-0.15, -0.1) is 0 Å². The van der Waals surface area contributed by atoms with Crippen LogP contribution in [0, 0.1) is 11.3 Å². The first kappa shape index (κ1) is 14.9. The third kappa shape index (κ3) is 5.11. The molecule has 0 radical (unpaired) electrons. The van der Waals surface area contributed by atoms with Crippen LogP contribution in [-0.4, -0.2) is 6.21 Å². The summed E-state index contributed by atoms with van der Waals surface area (Å²) < 4.78 is 0. The Balaban J connectivity index is 0.00000106. The van der Waals surface area contributed by atoms with Gasteiger partial charge in [-0.3, -0.25) is 0 Å². The molecule has 0 amide bonds. The SMILES string of the molecule is CC.CC(C)C1=CCCC=C1/C=C\CC=N. The van der Waals surface area contributed by atoms with E-state index in [1.807, 2.05) is 13.8 Å². The van der Waals surface area contributed by atoms with Gasteiger partial charge >= 0.3 is 0 Å². The second-order valence-corrected chi connectivity index (χ2v) is 3.89. The predicted molar refractivity (Wildman–Crippen MR) is 74.1 cm³/mol. The molecule has 1 rings (SSSR count). The third-order valence-corrected chi connectivity index (χ3v) is 2.40. The van der Waals surface area contributed by atoms with E-state index >= 15 is 0 Å². The number of allylic oxidation sites excluding steroid dienone is 6. The zero-order chi connectivity index (χ0) is 12.4. The average molecular weight is 219 g/mol. The van der Waals surface area contributed by atoms with Crippen LogP contribution in [0.4, 0.5) is 0 Å². The first-order valence-corrected chi connectivity index (χ1v) is 6.31. The van der Waals surface area contributed by atoms with Crippen LogP contribution in [-0.2, 0) is 0 Å². The number of nitrogens with one attached hydrogen (secondary N) is 1. The van der Waals surface area contributed by atoms with Gasteiger partial charge in [0, 0.05) is 6.42 Å². The molecule has 90 valence electrons. The van der Waals surface area contributed by atoms with Crippen molar-refractivity contribution in [2.75, 3.05) is 0 Å². The van der Waals surface area contributed by atoms with E-state index in [0.29, 0.717) is 5.92 Å². The molecule has 1 aliphatic rings. The highest BCUT2D eigenvalue weighted by molar-refractivity contribution is 5.56. The lowest BCUT2D eigenvalue weighted by Crippen LogP contribution is -2.00. The van der Waals surface area contributed by atoms with Crippen LogP contribution >= 0.6 is 0 Å². The molecule has 1 aliphatic carbocycles. The molecular weight excluding hydrogens is 194 g/mol. The van der Waals surface area contributed by atoms with Gasteiger partial charge in [-0.25, -0.2) is 0 Å². The van der Waals surface area contributed by atoms with Gasteiger partial charge in [0.1, 0.15) is 0 Å². The molecule has 16 heavy (non-hydrogen) atoms. The fourth-order valence-electron chi connectivity index (χ4n) is 1.71. The van der Waals surface area contributed by atoms with E-state index in [2.05, 4.69) is 38.2 Å². The first-order chi connectivity index (χ1) is 7.75. The fraction of sp³-hybridized carbons (Fsp3) is 0.533. The molecule has 0 saturated heterocycles. The summed E-state index contributed by atoms with van der Waals surface area (Å²) in [5.41, 5.74) is 2.81. The minimum atomic E-state index is 0.603. The lowest BCUT2D eigenvalue weighted by atomic mass is 9.89. The maximum Gasteiger partial charge on any atom is 0.000315 e. The summed E-state index contributed by atoms with van der Waals surface area (Å²) in [6.07, 6.45) is 13.3. The molecule has 0 bridgehead atoms. The van der Waals surface area contributed by atoms with Crippen molar-refractivity contribution in [2.45, 2.75) is 47.0 Å². The molecule has 0 aromatic carbocycles. The van der Waals surface area contributed by atoms with Gasteiger partial charge in [0.05, 0.1) is 0 Å². The largest absolute Gasteiger partial charge is 0.313 e. The van der Waals surface area contributed by atoms with E-state index in [1.165, 1.54) is 23.8 Å². The van der Waals surface area contributed by atoms with Crippen molar-refractivity contribution in [1.29, 1.82) is 5.41 Å². The summed E-state index contributed by atoms with van der Waals surface area (Å²) >= 11 is 0. The molecule has 0 saturated carbocycles. The summed E-state index contributed by atoms with van der Waals surface area (Å²) in [7, 11) is 0. The van der Waals surface area contributed by atoms with E-state index < -0.39 is 0 Å². The number of hydrogen-bond acceptors (Lipinski definition) is 1. The van der Waals surface area contributed by atoms with Gasteiger partial charge < -0.3 is 5.41 Å². The van der Waals surface area contributed by atoms with E-state index in [4.69, 9.17) is 5.41 Å². The van der Waals surface area contributed by atoms with Crippen molar-refractivity contribution in [3.05, 3.63) is 35.5 Å². The molecule has 0 atom stereocenters. The van der Waals surface area contributed by atoms with Crippen LogP contribution in [0.3, 0.4) is 0 Å². The normalized spacial score (nSPS) is 15.3. The highest BCUT2D eigenvalue weighted by atomic mass is 14.3. The molecule has 1 heteroatoms. The molecule has 0 aromatic rings. The van der Waals surface area contributed by atoms with Crippen molar-refractivity contribution in [1.82, 2.24) is 0 Å². The summed E-state index contributed by atoms with van der Waals surface area (Å²) in [5, 5.41) is 6.94. The van der Waals surface area contributed by atoms with Gasteiger partial charge in [0.15, 0.2) is 0 Å². The van der Waals surface area contributed by atoms with E-state index in [1.54, 1.807) is 0 Å². The predicted octanol–water partition coefficient (Wildman–Crippen LogP) is 4.91. The smallest absolute Gasteiger partial charge is 0.000315 e. The van der Waals surface area contributed by atoms with Crippen LogP contribution in [0.2, 0.25) is 0 Å². The Labute approximate surface area is 100 Å². The highest BCUT2D eigenvalue weighted by Gasteiger charge is 2.09. The maximum absolute atomic E-state index is 6.94. The van der Waals surface area contributed by atoms with Crippen molar-refractivity contribution in [3.63, 3.8) is 0 Å². The summed E-state index contributed by atoms with van der Waals surface area (Å²) in [6.45, 7) is 8.46. The molecule has 1 nitrogen and oxygen atoms in total. The van der Waals surface area contributed by atoms with Gasteiger partial charge in [-0.05, 0) is 36.1 Å². The fourth-order valence-corrected chi connectivity index (χ4v) is 1.71. The summed E-state index contributed by atoms with van der Waals surface area (Å²) in [6, 6.07) is 0. The third-order valence-electron chi connectivity index (χ3n) is 2.40. The Hall–Kier alpha value is -1.11. The summed E-state index contributed by atoms with van der Waals surface area (Å²) in [4.78, 5) is 0. The Morgan fingerprint density at radius 2 is 1.88 bits per heavy atom. The molecule has 0 heterocycles. The van der Waals surface area contributed by atoms with E-state index in [-0.39, 0.29) is 0 Å². The lowest BCUT2D eigenvalue weighted by Gasteiger charge is -2.16. The average Bonchev–Trinajstić information content (AvgIpc) is 2.32. The summed E-state index contributed by atoms with van der Waals surface area (Å²) in [5.74, 6) is 0.603. The highest BCUT2D eigenvalue weighted by Crippen LogP contribution is 2.26.